The average Bonchev–Trinajstić information content (AvgIpc) is 1.78. The molecular formula is C6H7F5N2S. The molecule has 0 heterocycles. The molecule has 2 nitrogen and oxygen atoms in total. The lowest BCUT2D eigenvalue weighted by atomic mass is 10.3. The molecule has 0 atom stereocenters. The Labute approximate surface area is 76.4 Å². The van der Waals surface area contributed by atoms with Gasteiger partial charge in [0.05, 0.1) is 0 Å². The summed E-state index contributed by atoms with van der Waals surface area (Å²) in [5, 5.41) is 0. The standard InChI is InChI=1S/C6H7F5N2S/c7-14(8,9,10,11)6-2-4(12)1-5(13)3-6/h1-3H,12-13H2. The van der Waals surface area contributed by atoms with Crippen molar-refractivity contribution in [2.75, 3.05) is 11.5 Å². The largest absolute Gasteiger partial charge is 0.399 e. The van der Waals surface area contributed by atoms with Gasteiger partial charge in [0.1, 0.15) is 4.90 Å². The Morgan fingerprint density at radius 2 is 1.14 bits per heavy atom. The number of nitrogen functional groups attached to an aromatic ring is 2. The molecule has 1 rings (SSSR count). The van der Waals surface area contributed by atoms with Crippen molar-refractivity contribution in [2.45, 2.75) is 4.90 Å². The van der Waals surface area contributed by atoms with Gasteiger partial charge in [-0.3, -0.25) is 0 Å². The van der Waals surface area contributed by atoms with Gasteiger partial charge in [0.25, 0.3) is 0 Å². The smallest absolute Gasteiger partial charge is 0.310 e. The van der Waals surface area contributed by atoms with Crippen LogP contribution in [0.2, 0.25) is 0 Å². The molecule has 0 radical (unpaired) electrons. The van der Waals surface area contributed by atoms with E-state index in [9.17, 15) is 19.4 Å². The van der Waals surface area contributed by atoms with Gasteiger partial charge in [-0.1, -0.05) is 19.4 Å². The third-order valence-electron chi connectivity index (χ3n) is 1.40. The highest BCUT2D eigenvalue weighted by molar-refractivity contribution is 8.45. The lowest BCUT2D eigenvalue weighted by molar-refractivity contribution is 0.364. The summed E-state index contributed by atoms with van der Waals surface area (Å²) in [5.41, 5.74) is 9.06. The molecule has 0 aliphatic heterocycles. The van der Waals surface area contributed by atoms with Crippen LogP contribution in [0.25, 0.3) is 0 Å². The Hall–Kier alpha value is -1.18. The SMILES string of the molecule is Nc1cc(N)cc(S(F)(F)(F)(F)F)c1. The van der Waals surface area contributed by atoms with Gasteiger partial charge in [0.2, 0.25) is 0 Å². The maximum absolute atomic E-state index is 12.2. The maximum Gasteiger partial charge on any atom is 0.310 e. The lowest BCUT2D eigenvalue weighted by Crippen LogP contribution is -2.07. The van der Waals surface area contributed by atoms with Gasteiger partial charge in [-0.05, 0) is 18.2 Å². The molecule has 0 saturated heterocycles. The maximum atomic E-state index is 12.2. The van der Waals surface area contributed by atoms with Gasteiger partial charge in [-0.2, -0.15) is 0 Å². The fraction of sp³-hybridized carbons (Fsp3) is 0. The van der Waals surface area contributed by atoms with E-state index in [4.69, 9.17) is 11.5 Å². The average molecular weight is 234 g/mol. The molecule has 0 aliphatic rings. The molecule has 82 valence electrons. The lowest BCUT2D eigenvalue weighted by Gasteiger charge is -2.40. The zero-order valence-electron chi connectivity index (χ0n) is 6.68. The number of hydrogen-bond acceptors (Lipinski definition) is 2. The van der Waals surface area contributed by atoms with Gasteiger partial charge in [-0.25, -0.2) is 0 Å². The molecule has 14 heavy (non-hydrogen) atoms. The molecule has 0 bridgehead atoms. The highest BCUT2D eigenvalue weighted by atomic mass is 32.5. The number of nitrogens with two attached hydrogens (primary N) is 2. The molecule has 4 N–H and O–H groups in total. The topological polar surface area (TPSA) is 52.0 Å². The Balaban J connectivity index is 3.50. The van der Waals surface area contributed by atoms with E-state index in [0.717, 1.165) is 6.07 Å². The van der Waals surface area contributed by atoms with Crippen molar-refractivity contribution in [1.29, 1.82) is 0 Å². The van der Waals surface area contributed by atoms with E-state index in [-0.39, 0.29) is 12.1 Å². The number of benzene rings is 1. The molecule has 0 aliphatic carbocycles. The normalized spacial score (nSPS) is 17.2. The minimum absolute atomic E-state index is 0.165. The predicted molar refractivity (Wildman–Crippen MR) is 46.7 cm³/mol. The van der Waals surface area contributed by atoms with E-state index in [0.29, 0.717) is 0 Å². The van der Waals surface area contributed by atoms with E-state index in [2.05, 4.69) is 0 Å². The zero-order valence-corrected chi connectivity index (χ0v) is 7.50. The summed E-state index contributed by atoms with van der Waals surface area (Å²) < 4.78 is 61.0. The second-order valence-electron chi connectivity index (χ2n) is 2.80. The van der Waals surface area contributed by atoms with E-state index < -0.39 is 26.5 Å². The van der Waals surface area contributed by atoms with Crippen LogP contribution in [0.15, 0.2) is 23.1 Å². The summed E-state index contributed by atoms with van der Waals surface area (Å²) in [6.45, 7) is 0. The zero-order chi connectivity index (χ0) is 11.3. The van der Waals surface area contributed by atoms with Crippen molar-refractivity contribution < 1.29 is 19.4 Å². The van der Waals surface area contributed by atoms with Crippen LogP contribution >= 0.6 is 10.2 Å². The van der Waals surface area contributed by atoms with Gasteiger partial charge < -0.3 is 11.5 Å². The molecule has 8 heteroatoms. The minimum Gasteiger partial charge on any atom is -0.399 e. The predicted octanol–water partition coefficient (Wildman–Crippen LogP) is 3.51. The van der Waals surface area contributed by atoms with Crippen LogP contribution in [0.1, 0.15) is 0 Å². The van der Waals surface area contributed by atoms with Crippen LogP contribution in [0, 0.1) is 0 Å². The fourth-order valence-corrected chi connectivity index (χ4v) is 1.59. The Morgan fingerprint density at radius 3 is 1.43 bits per heavy atom. The third-order valence-corrected chi connectivity index (χ3v) is 2.52. The Morgan fingerprint density at radius 1 is 0.786 bits per heavy atom. The summed E-state index contributed by atoms with van der Waals surface area (Å²) in [6.07, 6.45) is 0. The van der Waals surface area contributed by atoms with Crippen molar-refractivity contribution in [3.05, 3.63) is 18.2 Å². The van der Waals surface area contributed by atoms with Crippen LogP contribution < -0.4 is 11.5 Å². The number of halogens is 5. The molecule has 0 aromatic heterocycles. The third kappa shape index (κ3) is 2.41. The summed E-state index contributed by atoms with van der Waals surface area (Å²) in [5.74, 6) is 0. The van der Waals surface area contributed by atoms with E-state index >= 15 is 0 Å². The first-order chi connectivity index (χ1) is 5.88. The van der Waals surface area contributed by atoms with Gasteiger partial charge in [-0.15, -0.1) is 0 Å². The first kappa shape index (κ1) is 10.9. The van der Waals surface area contributed by atoms with Crippen molar-refractivity contribution in [3.63, 3.8) is 0 Å². The van der Waals surface area contributed by atoms with Crippen LogP contribution in [-0.4, -0.2) is 0 Å². The monoisotopic (exact) mass is 234 g/mol. The Bertz CT molecular complexity index is 364. The molecule has 0 saturated carbocycles. The van der Waals surface area contributed by atoms with E-state index in [1.165, 1.54) is 0 Å². The van der Waals surface area contributed by atoms with E-state index in [1.54, 1.807) is 0 Å². The molecule has 0 amide bonds. The van der Waals surface area contributed by atoms with Crippen molar-refractivity contribution >= 4 is 21.6 Å². The molecule has 0 spiro atoms. The second-order valence-corrected chi connectivity index (χ2v) is 5.21. The molecule has 0 fully saturated rings. The number of rotatable bonds is 1. The van der Waals surface area contributed by atoms with Crippen LogP contribution in [0.3, 0.4) is 0 Å². The van der Waals surface area contributed by atoms with Crippen LogP contribution in [-0.2, 0) is 0 Å². The summed E-state index contributed by atoms with van der Waals surface area (Å²) in [4.78, 5) is -2.07. The van der Waals surface area contributed by atoms with Crippen LogP contribution in [0.5, 0.6) is 0 Å². The molecular weight excluding hydrogens is 227 g/mol. The quantitative estimate of drug-likeness (QED) is 0.577. The highest BCUT2D eigenvalue weighted by Gasteiger charge is 2.65. The van der Waals surface area contributed by atoms with E-state index in [1.807, 2.05) is 0 Å². The summed E-state index contributed by atoms with van der Waals surface area (Å²) in [6, 6.07) is 1.29. The number of anilines is 2. The molecule has 1 aromatic carbocycles. The Kier molecular flexibility index (Phi) is 1.62. The molecule has 1 aromatic rings. The van der Waals surface area contributed by atoms with Crippen molar-refractivity contribution in [3.8, 4) is 0 Å². The summed E-state index contributed by atoms with van der Waals surface area (Å²) >= 11 is 0. The fourth-order valence-electron chi connectivity index (χ4n) is 0.869. The summed E-state index contributed by atoms with van der Waals surface area (Å²) in [7, 11) is -9.66. The van der Waals surface area contributed by atoms with Crippen molar-refractivity contribution in [1.82, 2.24) is 0 Å². The van der Waals surface area contributed by atoms with Gasteiger partial charge >= 0.3 is 10.2 Å². The van der Waals surface area contributed by atoms with Crippen LogP contribution in [0.4, 0.5) is 30.8 Å². The highest BCUT2D eigenvalue weighted by Crippen LogP contribution is 3.02. The first-order valence-electron chi connectivity index (χ1n) is 3.29. The number of hydrogen-bond donors (Lipinski definition) is 2. The van der Waals surface area contributed by atoms with Gasteiger partial charge in [0.15, 0.2) is 0 Å². The van der Waals surface area contributed by atoms with Gasteiger partial charge in [0, 0.05) is 11.4 Å². The first-order valence-corrected chi connectivity index (χ1v) is 5.24. The second kappa shape index (κ2) is 2.08. The minimum atomic E-state index is -9.66. The molecule has 0 unspecified atom stereocenters. The van der Waals surface area contributed by atoms with Crippen molar-refractivity contribution in [2.24, 2.45) is 0 Å².